The van der Waals surface area contributed by atoms with Gasteiger partial charge in [-0.05, 0) is 68.0 Å². The molecule has 1 saturated heterocycles. The van der Waals surface area contributed by atoms with E-state index in [2.05, 4.69) is 58.6 Å². The van der Waals surface area contributed by atoms with E-state index in [1.54, 1.807) is 5.56 Å². The highest BCUT2D eigenvalue weighted by molar-refractivity contribution is 5.30. The molecule has 0 amide bonds. The Kier molecular flexibility index (Phi) is 4.63. The van der Waals surface area contributed by atoms with Gasteiger partial charge in [-0.15, -0.1) is 0 Å². The van der Waals surface area contributed by atoms with Crippen molar-refractivity contribution in [3.63, 3.8) is 0 Å². The van der Waals surface area contributed by atoms with E-state index in [9.17, 15) is 0 Å². The highest BCUT2D eigenvalue weighted by atomic mass is 15.2. The van der Waals surface area contributed by atoms with E-state index in [4.69, 9.17) is 0 Å². The summed E-state index contributed by atoms with van der Waals surface area (Å²) in [6.07, 6.45) is 8.83. The predicted molar refractivity (Wildman–Crippen MR) is 98.0 cm³/mol. The first-order chi connectivity index (χ1) is 11.8. The van der Waals surface area contributed by atoms with E-state index in [-0.39, 0.29) is 0 Å². The van der Waals surface area contributed by atoms with Crippen LogP contribution in [0, 0.1) is 5.92 Å². The average Bonchev–Trinajstić information content (AvgIpc) is 3.01. The summed E-state index contributed by atoms with van der Waals surface area (Å²) in [7, 11) is 2.24. The third kappa shape index (κ3) is 3.24. The second-order valence-corrected chi connectivity index (χ2v) is 7.38. The van der Waals surface area contributed by atoms with Crippen molar-refractivity contribution in [2.24, 2.45) is 5.92 Å². The maximum Gasteiger partial charge on any atom is 0.0401 e. The number of pyridine rings is 1. The number of hydrogen-bond acceptors (Lipinski definition) is 3. The summed E-state index contributed by atoms with van der Waals surface area (Å²) in [6, 6.07) is 14.3. The van der Waals surface area contributed by atoms with Crippen molar-refractivity contribution in [2.75, 3.05) is 20.1 Å². The summed E-state index contributed by atoms with van der Waals surface area (Å²) in [5.41, 5.74) is 4.44. The lowest BCUT2D eigenvalue weighted by atomic mass is 9.87. The summed E-state index contributed by atoms with van der Waals surface area (Å²) in [5, 5.41) is 3.88. The smallest absolute Gasteiger partial charge is 0.0401 e. The Balaban J connectivity index is 1.39. The molecule has 0 saturated carbocycles. The lowest BCUT2D eigenvalue weighted by Crippen LogP contribution is -2.38. The molecule has 24 heavy (non-hydrogen) atoms. The predicted octanol–water partition coefficient (Wildman–Crippen LogP) is 3.22. The van der Waals surface area contributed by atoms with Crippen molar-refractivity contribution in [3.05, 3.63) is 65.5 Å². The van der Waals surface area contributed by atoms with Crippen LogP contribution < -0.4 is 5.32 Å². The summed E-state index contributed by atoms with van der Waals surface area (Å²) in [6.45, 7) is 2.29. The fourth-order valence-electron chi connectivity index (χ4n) is 4.51. The molecular formula is C21H27N3. The first-order valence-corrected chi connectivity index (χ1v) is 9.21. The van der Waals surface area contributed by atoms with Crippen LogP contribution in [0.5, 0.6) is 0 Å². The number of fused-ring (bicyclic) bond motifs is 1. The lowest BCUT2D eigenvalue weighted by molar-refractivity contribution is 0.265. The van der Waals surface area contributed by atoms with Crippen molar-refractivity contribution in [2.45, 2.75) is 37.8 Å². The molecule has 3 heteroatoms. The fraction of sp³-hybridized carbons (Fsp3) is 0.476. The zero-order chi connectivity index (χ0) is 16.4. The molecule has 0 bridgehead atoms. The summed E-state index contributed by atoms with van der Waals surface area (Å²) in [4.78, 5) is 6.81. The van der Waals surface area contributed by atoms with Crippen molar-refractivity contribution in [3.8, 4) is 0 Å². The largest absolute Gasteiger partial charge is 0.313 e. The maximum absolute atomic E-state index is 4.33. The quantitative estimate of drug-likeness (QED) is 0.937. The molecule has 3 atom stereocenters. The number of nitrogens with one attached hydrogen (secondary N) is 1. The molecule has 1 fully saturated rings. The Hall–Kier alpha value is -1.71. The van der Waals surface area contributed by atoms with Crippen LogP contribution in [0.3, 0.4) is 0 Å². The van der Waals surface area contributed by atoms with Gasteiger partial charge in [0.1, 0.15) is 0 Å². The van der Waals surface area contributed by atoms with Gasteiger partial charge < -0.3 is 5.32 Å². The van der Waals surface area contributed by atoms with Gasteiger partial charge in [-0.3, -0.25) is 9.88 Å². The van der Waals surface area contributed by atoms with E-state index in [0.717, 1.165) is 6.54 Å². The minimum Gasteiger partial charge on any atom is -0.313 e. The Morgan fingerprint density at radius 3 is 2.83 bits per heavy atom. The minimum atomic E-state index is 0.502. The molecule has 2 aliphatic rings. The third-order valence-electron chi connectivity index (χ3n) is 5.82. The lowest BCUT2D eigenvalue weighted by Gasteiger charge is -2.29. The van der Waals surface area contributed by atoms with Crippen LogP contribution in [0.4, 0.5) is 0 Å². The number of hydrogen-bond donors (Lipinski definition) is 1. The van der Waals surface area contributed by atoms with Crippen LogP contribution in [-0.2, 0) is 12.8 Å². The molecular weight excluding hydrogens is 294 g/mol. The molecule has 126 valence electrons. The molecule has 1 aliphatic heterocycles. The second-order valence-electron chi connectivity index (χ2n) is 7.38. The van der Waals surface area contributed by atoms with Crippen LogP contribution in [0.1, 0.15) is 35.6 Å². The van der Waals surface area contributed by atoms with E-state index >= 15 is 0 Å². The van der Waals surface area contributed by atoms with Crippen LogP contribution in [0.25, 0.3) is 0 Å². The van der Waals surface area contributed by atoms with E-state index in [1.807, 2.05) is 12.4 Å². The van der Waals surface area contributed by atoms with Gasteiger partial charge in [-0.25, -0.2) is 0 Å². The summed E-state index contributed by atoms with van der Waals surface area (Å²) in [5.74, 6) is 0.677. The molecule has 1 aromatic carbocycles. The van der Waals surface area contributed by atoms with Crippen LogP contribution in [0.2, 0.25) is 0 Å². The Labute approximate surface area is 145 Å². The first kappa shape index (κ1) is 15.8. The normalized spacial score (nSPS) is 27.1. The fourth-order valence-corrected chi connectivity index (χ4v) is 4.51. The zero-order valence-electron chi connectivity index (χ0n) is 14.5. The van der Waals surface area contributed by atoms with Crippen LogP contribution >= 0.6 is 0 Å². The minimum absolute atomic E-state index is 0.502. The van der Waals surface area contributed by atoms with E-state index in [1.165, 1.54) is 43.4 Å². The van der Waals surface area contributed by atoms with Crippen molar-refractivity contribution >= 4 is 0 Å². The van der Waals surface area contributed by atoms with Gasteiger partial charge in [0.25, 0.3) is 0 Å². The van der Waals surface area contributed by atoms with Gasteiger partial charge >= 0.3 is 0 Å². The molecule has 1 N–H and O–H groups in total. The summed E-state index contributed by atoms with van der Waals surface area (Å²) < 4.78 is 0. The Morgan fingerprint density at radius 1 is 1.12 bits per heavy atom. The third-order valence-corrected chi connectivity index (χ3v) is 5.82. The average molecular weight is 321 g/mol. The molecule has 0 unspecified atom stereocenters. The highest BCUT2D eigenvalue weighted by Crippen LogP contribution is 2.35. The first-order valence-electron chi connectivity index (χ1n) is 9.21. The molecule has 2 aromatic rings. The Morgan fingerprint density at radius 2 is 2.00 bits per heavy atom. The van der Waals surface area contributed by atoms with E-state index < -0.39 is 0 Å². The second kappa shape index (κ2) is 7.04. The van der Waals surface area contributed by atoms with Gasteiger partial charge in [0.15, 0.2) is 0 Å². The SMILES string of the molecule is CN1CC[C@@H](CN[C@@H]2CCc3ccccc3C2)[C@@H]1c1cccnc1. The van der Waals surface area contributed by atoms with Crippen LogP contribution in [0.15, 0.2) is 48.8 Å². The van der Waals surface area contributed by atoms with Gasteiger partial charge in [0.2, 0.25) is 0 Å². The number of likely N-dealkylation sites (tertiary alicyclic amines) is 1. The number of rotatable bonds is 4. The maximum atomic E-state index is 4.33. The van der Waals surface area contributed by atoms with Crippen molar-refractivity contribution < 1.29 is 0 Å². The van der Waals surface area contributed by atoms with Crippen LogP contribution in [-0.4, -0.2) is 36.1 Å². The van der Waals surface area contributed by atoms with Gasteiger partial charge in [-0.2, -0.15) is 0 Å². The van der Waals surface area contributed by atoms with Gasteiger partial charge in [-0.1, -0.05) is 30.3 Å². The standard InChI is InChI=1S/C21H27N3/c1-24-12-10-19(21(24)18-7-4-11-22-14-18)15-23-20-9-8-16-5-2-3-6-17(16)13-20/h2-7,11,14,19-21,23H,8-10,12-13,15H2,1H3/t19-,20+,21-/m0/s1. The van der Waals surface area contributed by atoms with Crippen molar-refractivity contribution in [1.82, 2.24) is 15.2 Å². The molecule has 1 aliphatic carbocycles. The Bertz CT molecular complexity index is 670. The topological polar surface area (TPSA) is 28.2 Å². The zero-order valence-corrected chi connectivity index (χ0v) is 14.5. The van der Waals surface area contributed by atoms with Gasteiger partial charge in [0.05, 0.1) is 0 Å². The monoisotopic (exact) mass is 321 g/mol. The summed E-state index contributed by atoms with van der Waals surface area (Å²) >= 11 is 0. The number of aromatic nitrogens is 1. The number of benzene rings is 1. The number of aryl methyl sites for hydroxylation is 1. The van der Waals surface area contributed by atoms with Crippen molar-refractivity contribution in [1.29, 1.82) is 0 Å². The molecule has 4 rings (SSSR count). The highest BCUT2D eigenvalue weighted by Gasteiger charge is 2.33. The molecule has 0 spiro atoms. The molecule has 1 aromatic heterocycles. The molecule has 2 heterocycles. The molecule has 3 nitrogen and oxygen atoms in total. The number of nitrogens with zero attached hydrogens (tertiary/aromatic N) is 2. The van der Waals surface area contributed by atoms with E-state index in [0.29, 0.717) is 18.0 Å². The van der Waals surface area contributed by atoms with Gasteiger partial charge in [0, 0.05) is 31.0 Å². The molecule has 0 radical (unpaired) electrons.